The van der Waals surface area contributed by atoms with E-state index < -0.39 is 5.97 Å². The SMILES string of the molecule is O=C(O)CN(C(=O)CCC1CCCCC1)C1CC1. The summed E-state index contributed by atoms with van der Waals surface area (Å²) >= 11 is 0. The van der Waals surface area contributed by atoms with Gasteiger partial charge in [-0.2, -0.15) is 0 Å². The highest BCUT2D eigenvalue weighted by Gasteiger charge is 2.33. The summed E-state index contributed by atoms with van der Waals surface area (Å²) in [5.74, 6) is -0.160. The summed E-state index contributed by atoms with van der Waals surface area (Å²) in [6.45, 7) is -0.117. The van der Waals surface area contributed by atoms with Crippen molar-refractivity contribution in [3.05, 3.63) is 0 Å². The molecule has 2 aliphatic rings. The van der Waals surface area contributed by atoms with E-state index in [1.165, 1.54) is 32.1 Å². The Morgan fingerprint density at radius 3 is 2.28 bits per heavy atom. The third-order valence-electron chi connectivity index (χ3n) is 4.10. The minimum Gasteiger partial charge on any atom is -0.480 e. The quantitative estimate of drug-likeness (QED) is 0.791. The Morgan fingerprint density at radius 1 is 1.06 bits per heavy atom. The Kier molecular flexibility index (Phi) is 4.61. The van der Waals surface area contributed by atoms with Crippen LogP contribution < -0.4 is 0 Å². The average Bonchev–Trinajstić information content (AvgIpc) is 3.18. The fraction of sp³-hybridized carbons (Fsp3) is 0.857. The van der Waals surface area contributed by atoms with Crippen molar-refractivity contribution in [2.75, 3.05) is 6.54 Å². The van der Waals surface area contributed by atoms with Crippen LogP contribution in [0, 0.1) is 5.92 Å². The van der Waals surface area contributed by atoms with E-state index in [1.54, 1.807) is 4.90 Å². The number of hydrogen-bond donors (Lipinski definition) is 1. The second-order valence-corrected chi connectivity index (χ2v) is 5.69. The van der Waals surface area contributed by atoms with Gasteiger partial charge in [0.05, 0.1) is 0 Å². The molecule has 0 bridgehead atoms. The van der Waals surface area contributed by atoms with Gasteiger partial charge in [0, 0.05) is 12.5 Å². The molecule has 0 unspecified atom stereocenters. The highest BCUT2D eigenvalue weighted by atomic mass is 16.4. The van der Waals surface area contributed by atoms with Crippen LogP contribution in [-0.2, 0) is 9.59 Å². The van der Waals surface area contributed by atoms with Gasteiger partial charge in [0.25, 0.3) is 0 Å². The van der Waals surface area contributed by atoms with Crippen LogP contribution in [0.4, 0.5) is 0 Å². The molecule has 0 aromatic heterocycles. The highest BCUT2D eigenvalue weighted by molar-refractivity contribution is 5.81. The highest BCUT2D eigenvalue weighted by Crippen LogP contribution is 2.30. The van der Waals surface area contributed by atoms with Crippen molar-refractivity contribution in [1.82, 2.24) is 4.90 Å². The molecule has 2 aliphatic carbocycles. The van der Waals surface area contributed by atoms with E-state index in [9.17, 15) is 9.59 Å². The molecule has 0 heterocycles. The number of carbonyl (C=O) groups excluding carboxylic acids is 1. The monoisotopic (exact) mass is 253 g/mol. The smallest absolute Gasteiger partial charge is 0.323 e. The van der Waals surface area contributed by atoms with Gasteiger partial charge in [0.1, 0.15) is 6.54 Å². The summed E-state index contributed by atoms with van der Waals surface area (Å²) in [5.41, 5.74) is 0. The largest absolute Gasteiger partial charge is 0.480 e. The van der Waals surface area contributed by atoms with E-state index in [0.29, 0.717) is 12.3 Å². The molecular formula is C14H23NO3. The van der Waals surface area contributed by atoms with Crippen LogP contribution >= 0.6 is 0 Å². The van der Waals surface area contributed by atoms with Gasteiger partial charge in [-0.1, -0.05) is 32.1 Å². The van der Waals surface area contributed by atoms with Crippen molar-refractivity contribution in [3.8, 4) is 0 Å². The van der Waals surface area contributed by atoms with Crippen LogP contribution in [0.2, 0.25) is 0 Å². The summed E-state index contributed by atoms with van der Waals surface area (Å²) in [7, 11) is 0. The summed E-state index contributed by atoms with van der Waals surface area (Å²) in [6, 6.07) is 0.208. The van der Waals surface area contributed by atoms with Crippen LogP contribution in [0.15, 0.2) is 0 Å². The van der Waals surface area contributed by atoms with Crippen LogP contribution in [0.25, 0.3) is 0 Å². The molecule has 2 fully saturated rings. The van der Waals surface area contributed by atoms with Crippen molar-refractivity contribution in [3.63, 3.8) is 0 Å². The van der Waals surface area contributed by atoms with E-state index in [4.69, 9.17) is 5.11 Å². The third-order valence-corrected chi connectivity index (χ3v) is 4.10. The molecule has 4 nitrogen and oxygen atoms in total. The first kappa shape index (κ1) is 13.4. The van der Waals surface area contributed by atoms with Crippen molar-refractivity contribution in [1.29, 1.82) is 0 Å². The molecule has 0 aromatic rings. The van der Waals surface area contributed by atoms with E-state index in [-0.39, 0.29) is 18.5 Å². The predicted octanol–water partition coefficient (Wildman–Crippen LogP) is 2.42. The molecule has 18 heavy (non-hydrogen) atoms. The van der Waals surface area contributed by atoms with Gasteiger partial charge in [-0.05, 0) is 25.2 Å². The summed E-state index contributed by atoms with van der Waals surface area (Å²) in [6.07, 6.45) is 9.84. The average molecular weight is 253 g/mol. The van der Waals surface area contributed by atoms with Gasteiger partial charge in [0.15, 0.2) is 0 Å². The van der Waals surface area contributed by atoms with Crippen molar-refractivity contribution < 1.29 is 14.7 Å². The first-order valence-electron chi connectivity index (χ1n) is 7.18. The second-order valence-electron chi connectivity index (χ2n) is 5.69. The molecule has 1 N–H and O–H groups in total. The minimum absolute atomic E-state index is 0.0467. The maximum absolute atomic E-state index is 12.1. The zero-order valence-electron chi connectivity index (χ0n) is 10.9. The fourth-order valence-electron chi connectivity index (χ4n) is 2.90. The van der Waals surface area contributed by atoms with Crippen LogP contribution in [0.5, 0.6) is 0 Å². The van der Waals surface area contributed by atoms with Crippen molar-refractivity contribution in [2.24, 2.45) is 5.92 Å². The molecule has 0 aromatic carbocycles. The van der Waals surface area contributed by atoms with Crippen molar-refractivity contribution >= 4 is 11.9 Å². The first-order chi connectivity index (χ1) is 8.66. The summed E-state index contributed by atoms with van der Waals surface area (Å²) < 4.78 is 0. The topological polar surface area (TPSA) is 57.6 Å². The maximum Gasteiger partial charge on any atom is 0.323 e. The Hall–Kier alpha value is -1.06. The van der Waals surface area contributed by atoms with Crippen molar-refractivity contribution in [2.45, 2.75) is 63.8 Å². The molecule has 2 rings (SSSR count). The Bertz CT molecular complexity index is 306. The third kappa shape index (κ3) is 4.00. The Labute approximate surface area is 108 Å². The minimum atomic E-state index is -0.895. The number of carboxylic acids is 1. The van der Waals surface area contributed by atoms with Gasteiger partial charge in [-0.25, -0.2) is 0 Å². The predicted molar refractivity (Wildman–Crippen MR) is 68.2 cm³/mol. The van der Waals surface area contributed by atoms with Crippen LogP contribution in [0.1, 0.15) is 57.8 Å². The molecule has 0 radical (unpaired) electrons. The van der Waals surface area contributed by atoms with Crippen LogP contribution in [-0.4, -0.2) is 34.5 Å². The van der Waals surface area contributed by atoms with E-state index in [1.807, 2.05) is 0 Å². The standard InChI is InChI=1S/C14H23NO3/c16-13(9-6-11-4-2-1-3-5-11)15(10-14(17)18)12-7-8-12/h11-12H,1-10H2,(H,17,18). The molecule has 102 valence electrons. The lowest BCUT2D eigenvalue weighted by Crippen LogP contribution is -2.37. The second kappa shape index (κ2) is 6.21. The number of nitrogens with zero attached hydrogens (tertiary/aromatic N) is 1. The molecule has 0 atom stereocenters. The van der Waals surface area contributed by atoms with Gasteiger partial charge in [-0.15, -0.1) is 0 Å². The van der Waals surface area contributed by atoms with Crippen LogP contribution in [0.3, 0.4) is 0 Å². The molecule has 0 saturated heterocycles. The van der Waals surface area contributed by atoms with E-state index >= 15 is 0 Å². The fourth-order valence-corrected chi connectivity index (χ4v) is 2.90. The lowest BCUT2D eigenvalue weighted by molar-refractivity contribution is -0.145. The molecule has 0 aliphatic heterocycles. The zero-order valence-corrected chi connectivity index (χ0v) is 10.9. The number of hydrogen-bond acceptors (Lipinski definition) is 2. The molecule has 0 spiro atoms. The zero-order chi connectivity index (χ0) is 13.0. The summed E-state index contributed by atoms with van der Waals surface area (Å²) in [4.78, 5) is 24.4. The van der Waals surface area contributed by atoms with Gasteiger partial charge < -0.3 is 10.0 Å². The van der Waals surface area contributed by atoms with Gasteiger partial charge in [0.2, 0.25) is 5.91 Å². The summed E-state index contributed by atoms with van der Waals surface area (Å²) in [5, 5.41) is 8.83. The van der Waals surface area contributed by atoms with Gasteiger partial charge >= 0.3 is 5.97 Å². The lowest BCUT2D eigenvalue weighted by Gasteiger charge is -2.24. The molecule has 1 amide bonds. The molecule has 2 saturated carbocycles. The van der Waals surface area contributed by atoms with E-state index in [2.05, 4.69) is 0 Å². The first-order valence-corrected chi connectivity index (χ1v) is 7.18. The number of carboxylic acid groups (broad SMARTS) is 1. The number of rotatable bonds is 6. The Balaban J connectivity index is 1.75. The Morgan fingerprint density at radius 2 is 1.72 bits per heavy atom. The molecule has 4 heteroatoms. The molecular weight excluding hydrogens is 230 g/mol. The number of aliphatic carboxylic acids is 1. The lowest BCUT2D eigenvalue weighted by atomic mass is 9.86. The van der Waals surface area contributed by atoms with Gasteiger partial charge in [-0.3, -0.25) is 9.59 Å². The maximum atomic E-state index is 12.1. The number of carbonyl (C=O) groups is 2. The normalized spacial score (nSPS) is 20.7. The van der Waals surface area contributed by atoms with E-state index in [0.717, 1.165) is 19.3 Å². The number of amides is 1.